The van der Waals surface area contributed by atoms with Crippen molar-refractivity contribution in [1.29, 1.82) is 0 Å². The molecule has 0 saturated carbocycles. The fraction of sp³-hybridized carbons (Fsp3) is 0.192. The van der Waals surface area contributed by atoms with Crippen molar-refractivity contribution in [3.8, 4) is 28.3 Å². The van der Waals surface area contributed by atoms with Crippen LogP contribution in [0.15, 0.2) is 66.7 Å². The largest absolute Gasteiger partial charge is 0.573 e. The van der Waals surface area contributed by atoms with Crippen molar-refractivity contribution in [2.24, 2.45) is 0 Å². The van der Waals surface area contributed by atoms with Gasteiger partial charge in [0.15, 0.2) is 6.10 Å². The summed E-state index contributed by atoms with van der Waals surface area (Å²) in [5.74, 6) is -1.11. The Bertz CT molecular complexity index is 1380. The van der Waals surface area contributed by atoms with Gasteiger partial charge in [0.2, 0.25) is 0 Å². The second-order valence-corrected chi connectivity index (χ2v) is 8.32. The predicted molar refractivity (Wildman–Crippen MR) is 127 cm³/mol. The number of rotatable bonds is 7. The van der Waals surface area contributed by atoms with E-state index in [1.807, 2.05) is 19.1 Å². The molecule has 0 spiro atoms. The molecule has 35 heavy (non-hydrogen) atoms. The van der Waals surface area contributed by atoms with E-state index in [4.69, 9.17) is 16.3 Å². The summed E-state index contributed by atoms with van der Waals surface area (Å²) in [4.78, 5) is 11.4. The van der Waals surface area contributed by atoms with E-state index in [1.54, 1.807) is 54.0 Å². The molecule has 0 fully saturated rings. The highest BCUT2D eigenvalue weighted by Crippen LogP contribution is 2.39. The van der Waals surface area contributed by atoms with Crippen LogP contribution in [0.5, 0.6) is 11.5 Å². The number of hydrogen-bond acceptors (Lipinski definition) is 3. The van der Waals surface area contributed by atoms with Gasteiger partial charge >= 0.3 is 12.3 Å². The van der Waals surface area contributed by atoms with Crippen LogP contribution in [0.1, 0.15) is 19.0 Å². The Labute approximate surface area is 204 Å². The molecule has 0 amide bonds. The van der Waals surface area contributed by atoms with E-state index in [1.165, 1.54) is 12.1 Å². The Hall–Kier alpha value is -3.65. The zero-order chi connectivity index (χ0) is 25.3. The third-order valence-corrected chi connectivity index (χ3v) is 5.80. The minimum Gasteiger partial charge on any atom is -0.479 e. The summed E-state index contributed by atoms with van der Waals surface area (Å²) in [7, 11) is 0. The molecule has 0 radical (unpaired) electrons. The van der Waals surface area contributed by atoms with Gasteiger partial charge in [-0.2, -0.15) is 0 Å². The molecule has 9 heteroatoms. The lowest BCUT2D eigenvalue weighted by Crippen LogP contribution is -2.25. The van der Waals surface area contributed by atoms with Crippen molar-refractivity contribution in [1.82, 2.24) is 4.57 Å². The summed E-state index contributed by atoms with van der Waals surface area (Å²) < 4.78 is 50.3. The van der Waals surface area contributed by atoms with Gasteiger partial charge in [0.25, 0.3) is 0 Å². The summed E-state index contributed by atoms with van der Waals surface area (Å²) in [6, 6.07) is 18.1. The van der Waals surface area contributed by atoms with Gasteiger partial charge < -0.3 is 19.1 Å². The van der Waals surface area contributed by atoms with Gasteiger partial charge in [0, 0.05) is 39.5 Å². The van der Waals surface area contributed by atoms with Crippen LogP contribution in [0.3, 0.4) is 0 Å². The van der Waals surface area contributed by atoms with Crippen LogP contribution in [0.25, 0.3) is 27.7 Å². The van der Waals surface area contributed by atoms with Gasteiger partial charge in [-0.1, -0.05) is 36.7 Å². The number of aliphatic carboxylic acids is 1. The maximum atomic E-state index is 12.9. The number of halogens is 4. The zero-order valence-electron chi connectivity index (χ0n) is 18.8. The first-order valence-corrected chi connectivity index (χ1v) is 11.1. The number of carboxylic acid groups (broad SMARTS) is 1. The number of carbonyl (C=O) groups is 1. The minimum atomic E-state index is -4.83. The highest BCUT2D eigenvalue weighted by Gasteiger charge is 2.31. The van der Waals surface area contributed by atoms with E-state index in [-0.39, 0.29) is 12.2 Å². The van der Waals surface area contributed by atoms with Crippen LogP contribution >= 0.6 is 11.6 Å². The minimum absolute atomic E-state index is 0.268. The number of alkyl halides is 3. The van der Waals surface area contributed by atoms with Crippen LogP contribution in [-0.2, 0) is 4.79 Å². The average molecular weight is 504 g/mol. The van der Waals surface area contributed by atoms with Crippen LogP contribution in [0, 0.1) is 6.92 Å². The zero-order valence-corrected chi connectivity index (χ0v) is 19.5. The lowest BCUT2D eigenvalue weighted by Gasteiger charge is -2.15. The topological polar surface area (TPSA) is 60.7 Å². The number of benzene rings is 3. The van der Waals surface area contributed by atoms with Crippen LogP contribution in [0.4, 0.5) is 13.2 Å². The summed E-state index contributed by atoms with van der Waals surface area (Å²) >= 11 is 6.05. The summed E-state index contributed by atoms with van der Waals surface area (Å²) in [5, 5.41) is 10.6. The van der Waals surface area contributed by atoms with Crippen molar-refractivity contribution in [3.63, 3.8) is 0 Å². The number of hydrogen-bond donors (Lipinski definition) is 1. The molecule has 0 aliphatic heterocycles. The number of nitrogens with zero attached hydrogens (tertiary/aromatic N) is 1. The molecule has 0 bridgehead atoms. The predicted octanol–water partition coefficient (Wildman–Crippen LogP) is 7.40. The smallest absolute Gasteiger partial charge is 0.479 e. The third kappa shape index (κ3) is 5.22. The number of aromatic nitrogens is 1. The molecule has 1 unspecified atom stereocenters. The van der Waals surface area contributed by atoms with E-state index in [2.05, 4.69) is 4.74 Å². The molecule has 0 aliphatic carbocycles. The molecular weight excluding hydrogens is 483 g/mol. The fourth-order valence-electron chi connectivity index (χ4n) is 4.07. The molecule has 0 saturated heterocycles. The third-order valence-electron chi connectivity index (χ3n) is 5.54. The summed E-state index contributed by atoms with van der Waals surface area (Å²) in [6.45, 7) is 3.56. The quantitative estimate of drug-likeness (QED) is 0.285. The van der Waals surface area contributed by atoms with Gasteiger partial charge in [-0.3, -0.25) is 0 Å². The molecule has 5 nitrogen and oxygen atoms in total. The highest BCUT2D eigenvalue weighted by molar-refractivity contribution is 6.30. The number of fused-ring (bicyclic) bond motifs is 1. The van der Waals surface area contributed by atoms with Gasteiger partial charge in [-0.05, 0) is 55.3 Å². The van der Waals surface area contributed by atoms with E-state index < -0.39 is 18.4 Å². The summed E-state index contributed by atoms with van der Waals surface area (Å²) in [5.41, 5.74) is 3.49. The van der Waals surface area contributed by atoms with Crippen molar-refractivity contribution < 1.29 is 32.5 Å². The van der Waals surface area contributed by atoms with Crippen molar-refractivity contribution in [2.45, 2.75) is 32.7 Å². The Balaban J connectivity index is 1.91. The van der Waals surface area contributed by atoms with Gasteiger partial charge in [-0.25, -0.2) is 4.79 Å². The molecule has 1 aromatic heterocycles. The molecule has 1 N–H and O–H groups in total. The second kappa shape index (κ2) is 9.54. The molecular formula is C26H21ClF3NO4. The standard InChI is InChI=1S/C26H21ClF3NO4/c1-3-23(25(32)33)34-19-6-4-5-18(13-19)31-15(2)24(16-7-9-17(27)10-8-16)21-12-11-20(14-22(21)31)35-26(28,29)30/h4-14,23H,3H2,1-2H3,(H,32,33). The number of ether oxygens (including phenoxy) is 2. The lowest BCUT2D eigenvalue weighted by atomic mass is 10.0. The van der Waals surface area contributed by atoms with Crippen molar-refractivity contribution >= 4 is 28.5 Å². The molecule has 1 atom stereocenters. The number of carboxylic acids is 1. The Morgan fingerprint density at radius 3 is 2.40 bits per heavy atom. The summed E-state index contributed by atoms with van der Waals surface area (Å²) in [6.07, 6.45) is -5.59. The SMILES string of the molecule is CCC(Oc1cccc(-n2c(C)c(-c3ccc(Cl)cc3)c3ccc(OC(F)(F)F)cc32)c1)C(=O)O. The first-order valence-electron chi connectivity index (χ1n) is 10.7. The van der Waals surface area contributed by atoms with E-state index in [9.17, 15) is 23.1 Å². The molecule has 1 heterocycles. The van der Waals surface area contributed by atoms with Crippen LogP contribution in [0.2, 0.25) is 5.02 Å². The normalized spacial score (nSPS) is 12.5. The monoisotopic (exact) mass is 503 g/mol. The van der Waals surface area contributed by atoms with Crippen LogP contribution < -0.4 is 9.47 Å². The molecule has 182 valence electrons. The Kier molecular flexibility index (Phi) is 6.67. The molecule has 0 aliphatic rings. The maximum absolute atomic E-state index is 12.9. The first-order chi connectivity index (χ1) is 16.6. The highest BCUT2D eigenvalue weighted by atomic mass is 35.5. The molecule has 3 aromatic carbocycles. The lowest BCUT2D eigenvalue weighted by molar-refractivity contribution is -0.274. The fourth-order valence-corrected chi connectivity index (χ4v) is 4.20. The van der Waals surface area contributed by atoms with Gasteiger partial charge in [-0.15, -0.1) is 13.2 Å². The first kappa shape index (κ1) is 24.5. The molecule has 4 rings (SSSR count). The maximum Gasteiger partial charge on any atom is 0.573 e. The van der Waals surface area contributed by atoms with Crippen molar-refractivity contribution in [2.75, 3.05) is 0 Å². The van der Waals surface area contributed by atoms with Gasteiger partial charge in [0.1, 0.15) is 11.5 Å². The Morgan fingerprint density at radius 2 is 1.77 bits per heavy atom. The van der Waals surface area contributed by atoms with E-state index in [0.29, 0.717) is 27.4 Å². The van der Waals surface area contributed by atoms with E-state index >= 15 is 0 Å². The van der Waals surface area contributed by atoms with Gasteiger partial charge in [0.05, 0.1) is 5.52 Å². The average Bonchev–Trinajstić information content (AvgIpc) is 3.08. The van der Waals surface area contributed by atoms with Crippen molar-refractivity contribution in [3.05, 3.63) is 77.4 Å². The second-order valence-electron chi connectivity index (χ2n) is 7.88. The Morgan fingerprint density at radius 1 is 1.06 bits per heavy atom. The van der Waals surface area contributed by atoms with Crippen LogP contribution in [-0.4, -0.2) is 28.1 Å². The van der Waals surface area contributed by atoms with E-state index in [0.717, 1.165) is 16.8 Å². The molecule has 4 aromatic rings.